The lowest BCUT2D eigenvalue weighted by atomic mass is 9.87. The highest BCUT2D eigenvalue weighted by molar-refractivity contribution is 9.10. The third-order valence-electron chi connectivity index (χ3n) is 4.06. The number of halogens is 1. The molecule has 112 valence electrons. The number of aliphatic hydroxyl groups is 1. The molecule has 1 fully saturated rings. The first-order chi connectivity index (χ1) is 10.0. The fourth-order valence-electron chi connectivity index (χ4n) is 2.89. The van der Waals surface area contributed by atoms with E-state index in [0.717, 1.165) is 31.1 Å². The average molecular weight is 353 g/mol. The number of pyridine rings is 1. The summed E-state index contributed by atoms with van der Waals surface area (Å²) in [6.45, 7) is 0.595. The van der Waals surface area contributed by atoms with E-state index in [-0.39, 0.29) is 17.6 Å². The van der Waals surface area contributed by atoms with Crippen LogP contribution < -0.4 is 11.3 Å². The normalized spacial score (nSPS) is 22.6. The maximum Gasteiger partial charge on any atom is 0.266 e. The van der Waals surface area contributed by atoms with Gasteiger partial charge in [0.25, 0.3) is 5.56 Å². The molecule has 1 aliphatic carbocycles. The minimum absolute atomic E-state index is 0.105. The van der Waals surface area contributed by atoms with E-state index in [1.54, 1.807) is 16.8 Å². The van der Waals surface area contributed by atoms with E-state index in [1.165, 1.54) is 0 Å². The minimum Gasteiger partial charge on any atom is -0.393 e. The second kappa shape index (κ2) is 5.73. The van der Waals surface area contributed by atoms with Crippen LogP contribution in [0.25, 0.3) is 11.0 Å². The third-order valence-corrected chi connectivity index (χ3v) is 4.63. The number of hydrogen-bond donors (Lipinski definition) is 2. The van der Waals surface area contributed by atoms with Crippen molar-refractivity contribution >= 4 is 32.9 Å². The highest BCUT2D eigenvalue weighted by Gasteiger charge is 2.21. The van der Waals surface area contributed by atoms with Crippen molar-refractivity contribution in [2.24, 2.45) is 5.92 Å². The number of nitrogens with zero attached hydrogens (tertiary/aromatic N) is 3. The Balaban J connectivity index is 2.02. The number of aromatic nitrogens is 3. The van der Waals surface area contributed by atoms with E-state index in [0.29, 0.717) is 22.6 Å². The lowest BCUT2D eigenvalue weighted by Gasteiger charge is -2.26. The van der Waals surface area contributed by atoms with Crippen molar-refractivity contribution < 1.29 is 5.11 Å². The molecule has 6 nitrogen and oxygen atoms in total. The molecular formula is C14H17BrN4O2. The SMILES string of the molecule is Nc1ncc2cc(Br)c(=O)n(CC3CCC(O)CC3)c2n1. The molecule has 0 spiro atoms. The Morgan fingerprint density at radius 2 is 2.10 bits per heavy atom. The van der Waals surface area contributed by atoms with Crippen LogP contribution in [0.4, 0.5) is 5.95 Å². The highest BCUT2D eigenvalue weighted by Crippen LogP contribution is 2.26. The van der Waals surface area contributed by atoms with Gasteiger partial charge in [0.15, 0.2) is 0 Å². The van der Waals surface area contributed by atoms with E-state index >= 15 is 0 Å². The number of nitrogen functional groups attached to an aromatic ring is 1. The van der Waals surface area contributed by atoms with Gasteiger partial charge in [-0.25, -0.2) is 4.98 Å². The first-order valence-corrected chi connectivity index (χ1v) is 7.83. The van der Waals surface area contributed by atoms with E-state index in [1.807, 2.05) is 0 Å². The van der Waals surface area contributed by atoms with Gasteiger partial charge in [0.1, 0.15) is 5.65 Å². The molecule has 1 aliphatic rings. The fraction of sp³-hybridized carbons (Fsp3) is 0.500. The van der Waals surface area contributed by atoms with Gasteiger partial charge >= 0.3 is 0 Å². The van der Waals surface area contributed by atoms with Crippen LogP contribution in [0.2, 0.25) is 0 Å². The third kappa shape index (κ3) is 2.94. The number of hydrogen-bond acceptors (Lipinski definition) is 5. The van der Waals surface area contributed by atoms with Gasteiger partial charge in [-0.3, -0.25) is 9.36 Å². The van der Waals surface area contributed by atoms with Crippen LogP contribution in [0.15, 0.2) is 21.5 Å². The molecule has 3 rings (SSSR count). The van der Waals surface area contributed by atoms with Crippen molar-refractivity contribution in [3.63, 3.8) is 0 Å². The lowest BCUT2D eigenvalue weighted by Crippen LogP contribution is -2.28. The van der Waals surface area contributed by atoms with Gasteiger partial charge in [0, 0.05) is 18.1 Å². The average Bonchev–Trinajstić information content (AvgIpc) is 2.47. The zero-order chi connectivity index (χ0) is 15.0. The van der Waals surface area contributed by atoms with E-state index in [2.05, 4.69) is 25.9 Å². The summed E-state index contributed by atoms with van der Waals surface area (Å²) in [4.78, 5) is 20.6. The van der Waals surface area contributed by atoms with Crippen molar-refractivity contribution in [3.8, 4) is 0 Å². The molecule has 21 heavy (non-hydrogen) atoms. The summed E-state index contributed by atoms with van der Waals surface area (Å²) in [5, 5.41) is 10.4. The Hall–Kier alpha value is -1.47. The topological polar surface area (TPSA) is 94.0 Å². The van der Waals surface area contributed by atoms with Crippen LogP contribution in [-0.4, -0.2) is 25.7 Å². The molecule has 3 N–H and O–H groups in total. The summed E-state index contributed by atoms with van der Waals surface area (Å²) in [7, 11) is 0. The minimum atomic E-state index is -0.199. The summed E-state index contributed by atoms with van der Waals surface area (Å²) >= 11 is 3.30. The number of rotatable bonds is 2. The Morgan fingerprint density at radius 1 is 1.38 bits per heavy atom. The van der Waals surface area contributed by atoms with Gasteiger partial charge in [-0.2, -0.15) is 4.98 Å². The molecule has 2 aromatic heterocycles. The molecular weight excluding hydrogens is 336 g/mol. The predicted octanol–water partition coefficient (Wildman–Crippen LogP) is 1.69. The largest absolute Gasteiger partial charge is 0.393 e. The maximum atomic E-state index is 12.4. The molecule has 2 aromatic rings. The molecule has 2 heterocycles. The second-order valence-corrected chi connectivity index (χ2v) is 6.44. The zero-order valence-corrected chi connectivity index (χ0v) is 13.1. The monoisotopic (exact) mass is 352 g/mol. The second-order valence-electron chi connectivity index (χ2n) is 5.59. The van der Waals surface area contributed by atoms with Crippen molar-refractivity contribution in [1.82, 2.24) is 14.5 Å². The Bertz CT molecular complexity index is 723. The molecule has 7 heteroatoms. The van der Waals surface area contributed by atoms with Gasteiger partial charge in [0.2, 0.25) is 5.95 Å². The lowest BCUT2D eigenvalue weighted by molar-refractivity contribution is 0.104. The van der Waals surface area contributed by atoms with Crippen LogP contribution in [0, 0.1) is 5.92 Å². The summed E-state index contributed by atoms with van der Waals surface area (Å²) in [6.07, 6.45) is 4.85. The molecule has 0 aromatic carbocycles. The van der Waals surface area contributed by atoms with Gasteiger partial charge in [-0.15, -0.1) is 0 Å². The van der Waals surface area contributed by atoms with Gasteiger partial charge in [-0.1, -0.05) is 0 Å². The quantitative estimate of drug-likeness (QED) is 0.857. The van der Waals surface area contributed by atoms with Crippen LogP contribution >= 0.6 is 15.9 Å². The van der Waals surface area contributed by atoms with Crippen LogP contribution in [-0.2, 0) is 6.54 Å². The van der Waals surface area contributed by atoms with Gasteiger partial charge < -0.3 is 10.8 Å². The smallest absolute Gasteiger partial charge is 0.266 e. The number of fused-ring (bicyclic) bond motifs is 1. The Labute approximate surface area is 130 Å². The van der Waals surface area contributed by atoms with Crippen molar-refractivity contribution in [1.29, 1.82) is 0 Å². The Kier molecular flexibility index (Phi) is 3.95. The molecule has 0 bridgehead atoms. The molecule has 0 radical (unpaired) electrons. The van der Waals surface area contributed by atoms with Crippen molar-refractivity contribution in [3.05, 3.63) is 27.1 Å². The number of aliphatic hydroxyl groups excluding tert-OH is 1. The predicted molar refractivity (Wildman–Crippen MR) is 83.9 cm³/mol. The standard InChI is InChI=1S/C14H17BrN4O2/c15-11-5-9-6-17-14(16)18-12(9)19(13(11)21)7-8-1-3-10(20)4-2-8/h5-6,8,10,20H,1-4,7H2,(H2,16,17,18). The molecule has 0 saturated heterocycles. The fourth-order valence-corrected chi connectivity index (χ4v) is 3.35. The summed E-state index contributed by atoms with van der Waals surface area (Å²) in [5.41, 5.74) is 6.12. The summed E-state index contributed by atoms with van der Waals surface area (Å²) in [5.74, 6) is 0.539. The van der Waals surface area contributed by atoms with Crippen molar-refractivity contribution in [2.45, 2.75) is 38.3 Å². The molecule has 1 saturated carbocycles. The van der Waals surface area contributed by atoms with Crippen LogP contribution in [0.5, 0.6) is 0 Å². The maximum absolute atomic E-state index is 12.4. The number of nitrogens with two attached hydrogens (primary N) is 1. The highest BCUT2D eigenvalue weighted by atomic mass is 79.9. The van der Waals surface area contributed by atoms with Crippen molar-refractivity contribution in [2.75, 3.05) is 5.73 Å². The number of anilines is 1. The molecule has 0 atom stereocenters. The molecule has 0 aliphatic heterocycles. The molecule has 0 amide bonds. The van der Waals surface area contributed by atoms with E-state index in [4.69, 9.17) is 5.73 Å². The Morgan fingerprint density at radius 3 is 2.81 bits per heavy atom. The molecule has 0 unspecified atom stereocenters. The first kappa shape index (κ1) is 14.5. The summed E-state index contributed by atoms with van der Waals surface area (Å²) in [6, 6.07) is 1.72. The van der Waals surface area contributed by atoms with Gasteiger partial charge in [0.05, 0.1) is 10.6 Å². The van der Waals surface area contributed by atoms with E-state index < -0.39 is 0 Å². The van der Waals surface area contributed by atoms with E-state index in [9.17, 15) is 9.90 Å². The zero-order valence-electron chi connectivity index (χ0n) is 11.5. The van der Waals surface area contributed by atoms with Crippen LogP contribution in [0.3, 0.4) is 0 Å². The summed E-state index contributed by atoms with van der Waals surface area (Å²) < 4.78 is 2.17. The van der Waals surface area contributed by atoms with Crippen LogP contribution in [0.1, 0.15) is 25.7 Å². The van der Waals surface area contributed by atoms with Gasteiger partial charge in [-0.05, 0) is 53.6 Å². The first-order valence-electron chi connectivity index (χ1n) is 7.04.